The smallest absolute Gasteiger partial charge is 0.244 e. The predicted molar refractivity (Wildman–Crippen MR) is 104 cm³/mol. The van der Waals surface area contributed by atoms with E-state index in [4.69, 9.17) is 0 Å². The number of carbonyl (C=O) groups excluding carboxylic acids is 1. The number of hydrogen-bond acceptors (Lipinski definition) is 3. The highest BCUT2D eigenvalue weighted by Crippen LogP contribution is 2.13. The Morgan fingerprint density at radius 1 is 1.24 bits per heavy atom. The maximum absolute atomic E-state index is 12.1. The summed E-state index contributed by atoms with van der Waals surface area (Å²) in [6, 6.07) is 10.6. The highest BCUT2D eigenvalue weighted by molar-refractivity contribution is 5.85. The van der Waals surface area contributed by atoms with Crippen LogP contribution >= 0.6 is 0 Å². The molecule has 138 valence electrons. The van der Waals surface area contributed by atoms with Crippen molar-refractivity contribution in [3.05, 3.63) is 30.3 Å². The Morgan fingerprint density at radius 2 is 1.92 bits per heavy atom. The van der Waals surface area contributed by atoms with Gasteiger partial charge in [-0.25, -0.2) is 4.99 Å². The van der Waals surface area contributed by atoms with E-state index in [1.807, 2.05) is 30.0 Å². The van der Waals surface area contributed by atoms with Gasteiger partial charge >= 0.3 is 0 Å². The number of likely N-dealkylation sites (N-methyl/N-ethyl adjacent to an activating group) is 1. The number of benzene rings is 1. The number of amides is 1. The topological polar surface area (TPSA) is 60.0 Å². The summed E-state index contributed by atoms with van der Waals surface area (Å²) in [6.45, 7) is 7.66. The van der Waals surface area contributed by atoms with Gasteiger partial charge in [0.15, 0.2) is 5.96 Å². The van der Waals surface area contributed by atoms with Gasteiger partial charge in [0, 0.05) is 45.0 Å². The first-order chi connectivity index (χ1) is 12.1. The van der Waals surface area contributed by atoms with E-state index < -0.39 is 0 Å². The Balaban J connectivity index is 1.85. The fraction of sp³-hybridized carbons (Fsp3) is 0.579. The van der Waals surface area contributed by atoms with Gasteiger partial charge in [-0.15, -0.1) is 0 Å². The number of para-hydroxylation sites is 1. The zero-order valence-electron chi connectivity index (χ0n) is 15.7. The SMILES string of the molecule is CCNC(=NCC(=O)N1CCCC1)NCC(C)N(C)c1ccccc1. The molecule has 1 aliphatic heterocycles. The molecule has 2 rings (SSSR count). The number of carbonyl (C=O) groups is 1. The molecule has 2 N–H and O–H groups in total. The van der Waals surface area contributed by atoms with Crippen LogP contribution in [0.1, 0.15) is 26.7 Å². The third-order valence-electron chi connectivity index (χ3n) is 4.56. The van der Waals surface area contributed by atoms with Gasteiger partial charge < -0.3 is 20.4 Å². The number of hydrogen-bond donors (Lipinski definition) is 2. The average molecular weight is 345 g/mol. The molecule has 1 heterocycles. The second kappa shape index (κ2) is 9.91. The van der Waals surface area contributed by atoms with Crippen LogP contribution in [0.3, 0.4) is 0 Å². The molecule has 1 unspecified atom stereocenters. The maximum atomic E-state index is 12.1. The van der Waals surface area contributed by atoms with Crippen molar-refractivity contribution in [3.63, 3.8) is 0 Å². The van der Waals surface area contributed by atoms with E-state index in [1.165, 1.54) is 5.69 Å². The number of guanidine groups is 1. The molecule has 6 nitrogen and oxygen atoms in total. The summed E-state index contributed by atoms with van der Waals surface area (Å²) in [6.07, 6.45) is 2.22. The van der Waals surface area contributed by atoms with Gasteiger partial charge in [-0.2, -0.15) is 0 Å². The molecule has 6 heteroatoms. The van der Waals surface area contributed by atoms with Crippen LogP contribution in [0.2, 0.25) is 0 Å². The number of likely N-dealkylation sites (tertiary alicyclic amines) is 1. The Bertz CT molecular complexity index is 554. The normalized spacial score (nSPS) is 15.8. The van der Waals surface area contributed by atoms with Crippen molar-refractivity contribution in [3.8, 4) is 0 Å². The Morgan fingerprint density at radius 3 is 2.56 bits per heavy atom. The maximum Gasteiger partial charge on any atom is 0.244 e. The van der Waals surface area contributed by atoms with Crippen molar-refractivity contribution >= 4 is 17.6 Å². The van der Waals surface area contributed by atoms with Crippen LogP contribution in [0.25, 0.3) is 0 Å². The molecule has 25 heavy (non-hydrogen) atoms. The molecule has 1 aromatic carbocycles. The summed E-state index contributed by atoms with van der Waals surface area (Å²) in [7, 11) is 2.09. The highest BCUT2D eigenvalue weighted by atomic mass is 16.2. The van der Waals surface area contributed by atoms with E-state index in [0.717, 1.165) is 39.0 Å². The van der Waals surface area contributed by atoms with E-state index in [9.17, 15) is 4.79 Å². The monoisotopic (exact) mass is 345 g/mol. The van der Waals surface area contributed by atoms with Crippen LogP contribution in [-0.4, -0.2) is 62.6 Å². The molecule has 1 aromatic rings. The second-order valence-electron chi connectivity index (χ2n) is 6.46. The standard InChI is InChI=1S/C19H31N5O/c1-4-20-19(22-15-18(25)24-12-8-9-13-24)21-14-16(2)23(3)17-10-6-5-7-11-17/h5-7,10-11,16H,4,8-9,12-15H2,1-3H3,(H2,20,21,22). The van der Waals surface area contributed by atoms with Gasteiger partial charge in [0.25, 0.3) is 0 Å². The molecule has 1 aliphatic rings. The molecule has 0 aromatic heterocycles. The zero-order valence-corrected chi connectivity index (χ0v) is 15.7. The fourth-order valence-corrected chi connectivity index (χ4v) is 2.85. The quantitative estimate of drug-likeness (QED) is 0.583. The molecule has 1 atom stereocenters. The molecule has 0 aliphatic carbocycles. The summed E-state index contributed by atoms with van der Waals surface area (Å²) in [5.74, 6) is 0.813. The Labute approximate surface area is 151 Å². The minimum Gasteiger partial charge on any atom is -0.370 e. The summed E-state index contributed by atoms with van der Waals surface area (Å²) in [5, 5.41) is 6.56. The fourth-order valence-electron chi connectivity index (χ4n) is 2.85. The van der Waals surface area contributed by atoms with E-state index in [1.54, 1.807) is 0 Å². The van der Waals surface area contributed by atoms with Gasteiger partial charge in [-0.3, -0.25) is 4.79 Å². The first-order valence-corrected chi connectivity index (χ1v) is 9.19. The Kier molecular flexibility index (Phi) is 7.57. The minimum atomic E-state index is 0.115. The van der Waals surface area contributed by atoms with Gasteiger partial charge in [0.2, 0.25) is 5.91 Å². The number of aliphatic imine (C=N–C) groups is 1. The lowest BCUT2D eigenvalue weighted by molar-refractivity contribution is -0.128. The molecule has 1 saturated heterocycles. The first-order valence-electron chi connectivity index (χ1n) is 9.19. The minimum absolute atomic E-state index is 0.115. The van der Waals surface area contributed by atoms with Crippen molar-refractivity contribution in [2.45, 2.75) is 32.7 Å². The van der Waals surface area contributed by atoms with Crippen LogP contribution in [0.5, 0.6) is 0 Å². The van der Waals surface area contributed by atoms with Crippen molar-refractivity contribution in [2.24, 2.45) is 4.99 Å². The second-order valence-corrected chi connectivity index (χ2v) is 6.46. The molecule has 0 saturated carbocycles. The first kappa shape index (κ1) is 19.1. The lowest BCUT2D eigenvalue weighted by Gasteiger charge is -2.28. The molecular formula is C19H31N5O. The van der Waals surface area contributed by atoms with E-state index >= 15 is 0 Å². The van der Waals surface area contributed by atoms with Crippen LogP contribution in [0.15, 0.2) is 35.3 Å². The number of nitrogens with zero attached hydrogens (tertiary/aromatic N) is 3. The summed E-state index contributed by atoms with van der Waals surface area (Å²) in [5.41, 5.74) is 1.18. The van der Waals surface area contributed by atoms with Gasteiger partial charge in [0.05, 0.1) is 0 Å². The number of rotatable bonds is 7. The van der Waals surface area contributed by atoms with Crippen molar-refractivity contribution in [2.75, 3.05) is 44.7 Å². The third kappa shape index (κ3) is 5.96. The highest BCUT2D eigenvalue weighted by Gasteiger charge is 2.17. The summed E-state index contributed by atoms with van der Waals surface area (Å²) >= 11 is 0. The van der Waals surface area contributed by atoms with Gasteiger partial charge in [-0.05, 0) is 38.8 Å². The van der Waals surface area contributed by atoms with E-state index in [-0.39, 0.29) is 12.5 Å². The Hall–Kier alpha value is -2.24. The number of anilines is 1. The van der Waals surface area contributed by atoms with E-state index in [0.29, 0.717) is 12.0 Å². The van der Waals surface area contributed by atoms with Crippen LogP contribution in [-0.2, 0) is 4.79 Å². The third-order valence-corrected chi connectivity index (χ3v) is 4.56. The predicted octanol–water partition coefficient (Wildman–Crippen LogP) is 1.69. The molecule has 0 bridgehead atoms. The van der Waals surface area contributed by atoms with Crippen LogP contribution < -0.4 is 15.5 Å². The molecule has 0 radical (unpaired) electrons. The molecule has 1 amide bonds. The average Bonchev–Trinajstić information content (AvgIpc) is 3.18. The zero-order chi connectivity index (χ0) is 18.1. The summed E-state index contributed by atoms with van der Waals surface area (Å²) in [4.78, 5) is 20.7. The molecular weight excluding hydrogens is 314 g/mol. The lowest BCUT2D eigenvalue weighted by atomic mass is 10.2. The van der Waals surface area contributed by atoms with E-state index in [2.05, 4.69) is 46.6 Å². The lowest BCUT2D eigenvalue weighted by Crippen LogP contribution is -2.45. The van der Waals surface area contributed by atoms with Gasteiger partial charge in [0.1, 0.15) is 6.54 Å². The van der Waals surface area contributed by atoms with Gasteiger partial charge in [-0.1, -0.05) is 18.2 Å². The number of nitrogens with one attached hydrogen (secondary N) is 2. The van der Waals surface area contributed by atoms with Crippen molar-refractivity contribution in [1.82, 2.24) is 15.5 Å². The van der Waals surface area contributed by atoms with Crippen molar-refractivity contribution < 1.29 is 4.79 Å². The summed E-state index contributed by atoms with van der Waals surface area (Å²) < 4.78 is 0. The molecule has 0 spiro atoms. The van der Waals surface area contributed by atoms with Crippen molar-refractivity contribution in [1.29, 1.82) is 0 Å². The van der Waals surface area contributed by atoms with Crippen LogP contribution in [0.4, 0.5) is 5.69 Å². The largest absolute Gasteiger partial charge is 0.370 e. The van der Waals surface area contributed by atoms with Crippen LogP contribution in [0, 0.1) is 0 Å². The molecule has 1 fully saturated rings.